The Kier molecular flexibility index (Phi) is 3.83. The molecule has 1 rings (SSSR count). The Labute approximate surface area is 89.8 Å². The SMILES string of the molecule is FC(F)Oc1cc(C(F)F)nn1CC(F)(F)F. The Bertz CT molecular complexity index is 373. The topological polar surface area (TPSA) is 27.1 Å². The summed E-state index contributed by atoms with van der Waals surface area (Å²) < 4.78 is 87.4. The molecule has 0 saturated heterocycles. The first-order chi connectivity index (χ1) is 7.69. The summed E-state index contributed by atoms with van der Waals surface area (Å²) in [6, 6.07) is 0.336. The lowest BCUT2D eigenvalue weighted by molar-refractivity contribution is -0.145. The van der Waals surface area contributed by atoms with Crippen molar-refractivity contribution in [2.45, 2.75) is 25.8 Å². The Morgan fingerprint density at radius 2 is 1.82 bits per heavy atom. The number of halogens is 7. The third-order valence-electron chi connectivity index (χ3n) is 1.52. The highest BCUT2D eigenvalue weighted by Gasteiger charge is 2.31. The van der Waals surface area contributed by atoms with E-state index in [0.29, 0.717) is 6.07 Å². The number of hydrogen-bond donors (Lipinski definition) is 0. The number of alkyl halides is 7. The molecule has 10 heteroatoms. The monoisotopic (exact) mass is 266 g/mol. The number of aromatic nitrogens is 2. The second-order valence-electron chi connectivity index (χ2n) is 2.86. The molecule has 0 aromatic carbocycles. The molecule has 0 saturated carbocycles. The molecule has 17 heavy (non-hydrogen) atoms. The molecule has 0 N–H and O–H groups in total. The van der Waals surface area contributed by atoms with Crippen LogP contribution in [-0.4, -0.2) is 22.6 Å². The van der Waals surface area contributed by atoms with Crippen LogP contribution >= 0.6 is 0 Å². The zero-order valence-corrected chi connectivity index (χ0v) is 7.89. The summed E-state index contributed by atoms with van der Waals surface area (Å²) in [6.45, 7) is -5.22. The lowest BCUT2D eigenvalue weighted by Gasteiger charge is -2.10. The van der Waals surface area contributed by atoms with E-state index in [9.17, 15) is 30.7 Å². The van der Waals surface area contributed by atoms with E-state index in [1.807, 2.05) is 0 Å². The Hall–Kier alpha value is -1.48. The van der Waals surface area contributed by atoms with E-state index in [0.717, 1.165) is 0 Å². The summed E-state index contributed by atoms with van der Waals surface area (Å²) in [5.74, 6) is -1.06. The van der Waals surface area contributed by atoms with Crippen molar-refractivity contribution in [3.8, 4) is 5.88 Å². The van der Waals surface area contributed by atoms with Gasteiger partial charge in [0.2, 0.25) is 5.88 Å². The van der Waals surface area contributed by atoms with E-state index in [-0.39, 0.29) is 4.68 Å². The molecule has 0 radical (unpaired) electrons. The van der Waals surface area contributed by atoms with E-state index >= 15 is 0 Å². The van der Waals surface area contributed by atoms with Gasteiger partial charge in [0.1, 0.15) is 12.2 Å². The van der Waals surface area contributed by atoms with Gasteiger partial charge < -0.3 is 4.74 Å². The Balaban J connectivity index is 2.99. The van der Waals surface area contributed by atoms with Crippen molar-refractivity contribution in [2.24, 2.45) is 0 Å². The van der Waals surface area contributed by atoms with Crippen LogP contribution in [0.3, 0.4) is 0 Å². The van der Waals surface area contributed by atoms with E-state index in [4.69, 9.17) is 0 Å². The van der Waals surface area contributed by atoms with Gasteiger partial charge in [0, 0.05) is 6.07 Å². The van der Waals surface area contributed by atoms with Gasteiger partial charge >= 0.3 is 12.8 Å². The number of hydrogen-bond acceptors (Lipinski definition) is 2. The van der Waals surface area contributed by atoms with Gasteiger partial charge in [-0.3, -0.25) is 0 Å². The van der Waals surface area contributed by atoms with E-state index < -0.39 is 37.3 Å². The van der Waals surface area contributed by atoms with Crippen LogP contribution in [0, 0.1) is 0 Å². The van der Waals surface area contributed by atoms with Crippen LogP contribution in [0.1, 0.15) is 12.1 Å². The number of rotatable bonds is 4. The summed E-state index contributed by atoms with van der Waals surface area (Å²) in [4.78, 5) is 0. The maximum Gasteiger partial charge on any atom is 0.408 e. The van der Waals surface area contributed by atoms with Crippen LogP contribution in [0.15, 0.2) is 6.07 Å². The largest absolute Gasteiger partial charge is 0.417 e. The zero-order chi connectivity index (χ0) is 13.2. The van der Waals surface area contributed by atoms with Gasteiger partial charge in [-0.15, -0.1) is 0 Å². The molecular formula is C7H5F7N2O. The van der Waals surface area contributed by atoms with Crippen molar-refractivity contribution in [1.82, 2.24) is 9.78 Å². The van der Waals surface area contributed by atoms with E-state index in [2.05, 4.69) is 9.84 Å². The normalized spacial score (nSPS) is 12.5. The second-order valence-corrected chi connectivity index (χ2v) is 2.86. The zero-order valence-electron chi connectivity index (χ0n) is 7.89. The summed E-state index contributed by atoms with van der Waals surface area (Å²) in [5.41, 5.74) is -1.06. The van der Waals surface area contributed by atoms with Gasteiger partial charge in [-0.2, -0.15) is 27.1 Å². The predicted octanol–water partition coefficient (Wildman–Crippen LogP) is 2.98. The van der Waals surface area contributed by atoms with Crippen molar-refractivity contribution >= 4 is 0 Å². The minimum Gasteiger partial charge on any atom is -0.417 e. The average Bonchev–Trinajstić information content (AvgIpc) is 2.44. The molecule has 1 heterocycles. The van der Waals surface area contributed by atoms with Gasteiger partial charge in [0.05, 0.1) is 0 Å². The highest BCUT2D eigenvalue weighted by Crippen LogP contribution is 2.27. The first kappa shape index (κ1) is 13.6. The molecule has 98 valence electrons. The maximum atomic E-state index is 12.1. The van der Waals surface area contributed by atoms with Gasteiger partial charge in [0.25, 0.3) is 6.43 Å². The summed E-state index contributed by atoms with van der Waals surface area (Å²) in [5, 5.41) is 2.84. The minimum atomic E-state index is -4.79. The molecule has 0 atom stereocenters. The molecule has 1 aromatic rings. The first-order valence-corrected chi connectivity index (χ1v) is 4.06. The third kappa shape index (κ3) is 4.11. The molecule has 0 fully saturated rings. The smallest absolute Gasteiger partial charge is 0.408 e. The fourth-order valence-electron chi connectivity index (χ4n) is 0.994. The van der Waals surface area contributed by atoms with Gasteiger partial charge in [0.15, 0.2) is 0 Å². The molecule has 0 aliphatic rings. The van der Waals surface area contributed by atoms with Crippen LogP contribution in [-0.2, 0) is 6.54 Å². The maximum absolute atomic E-state index is 12.1. The molecular weight excluding hydrogens is 261 g/mol. The second kappa shape index (κ2) is 4.80. The molecule has 0 amide bonds. The summed E-state index contributed by atoms with van der Waals surface area (Å²) in [7, 11) is 0. The van der Waals surface area contributed by atoms with Crippen molar-refractivity contribution < 1.29 is 35.5 Å². The lowest BCUT2D eigenvalue weighted by Crippen LogP contribution is -2.20. The Morgan fingerprint density at radius 3 is 2.24 bits per heavy atom. The fourth-order valence-corrected chi connectivity index (χ4v) is 0.994. The highest BCUT2D eigenvalue weighted by molar-refractivity contribution is 5.17. The molecule has 0 spiro atoms. The molecule has 0 aliphatic heterocycles. The first-order valence-electron chi connectivity index (χ1n) is 4.06. The minimum absolute atomic E-state index is 0.0896. The van der Waals surface area contributed by atoms with Crippen molar-refractivity contribution in [3.05, 3.63) is 11.8 Å². The van der Waals surface area contributed by atoms with Crippen LogP contribution in [0.5, 0.6) is 5.88 Å². The van der Waals surface area contributed by atoms with Crippen LogP contribution in [0.2, 0.25) is 0 Å². The van der Waals surface area contributed by atoms with Gasteiger partial charge in [-0.05, 0) is 0 Å². The van der Waals surface area contributed by atoms with Gasteiger partial charge in [-0.25, -0.2) is 13.5 Å². The molecule has 0 aliphatic carbocycles. The van der Waals surface area contributed by atoms with E-state index in [1.54, 1.807) is 0 Å². The average molecular weight is 266 g/mol. The Morgan fingerprint density at radius 1 is 1.24 bits per heavy atom. The lowest BCUT2D eigenvalue weighted by atomic mass is 10.4. The molecule has 0 bridgehead atoms. The number of ether oxygens (including phenoxy) is 1. The highest BCUT2D eigenvalue weighted by atomic mass is 19.4. The van der Waals surface area contributed by atoms with Crippen molar-refractivity contribution in [3.63, 3.8) is 0 Å². The van der Waals surface area contributed by atoms with Crippen LogP contribution in [0.25, 0.3) is 0 Å². The van der Waals surface area contributed by atoms with Gasteiger partial charge in [-0.1, -0.05) is 0 Å². The third-order valence-corrected chi connectivity index (χ3v) is 1.52. The van der Waals surface area contributed by atoms with Crippen LogP contribution < -0.4 is 4.74 Å². The summed E-state index contributed by atoms with van der Waals surface area (Å²) >= 11 is 0. The number of nitrogens with zero attached hydrogens (tertiary/aromatic N) is 2. The molecule has 1 aromatic heterocycles. The van der Waals surface area contributed by atoms with Crippen LogP contribution in [0.4, 0.5) is 30.7 Å². The molecule has 3 nitrogen and oxygen atoms in total. The van der Waals surface area contributed by atoms with Crippen molar-refractivity contribution in [2.75, 3.05) is 0 Å². The fraction of sp³-hybridized carbons (Fsp3) is 0.571. The summed E-state index contributed by atoms with van der Waals surface area (Å²) in [6.07, 6.45) is -7.96. The quantitative estimate of drug-likeness (QED) is 0.783. The predicted molar refractivity (Wildman–Crippen MR) is 39.9 cm³/mol. The molecule has 0 unspecified atom stereocenters. The van der Waals surface area contributed by atoms with Crippen molar-refractivity contribution in [1.29, 1.82) is 0 Å². The standard InChI is InChI=1S/C7H5F7N2O/c8-5(9)3-1-4(17-6(10)11)16(15-3)2-7(12,13)14/h1,5-6H,2H2. The van der Waals surface area contributed by atoms with E-state index in [1.165, 1.54) is 0 Å².